The van der Waals surface area contributed by atoms with E-state index >= 15 is 0 Å². The van der Waals surface area contributed by atoms with Gasteiger partial charge in [0.25, 0.3) is 0 Å². The predicted octanol–water partition coefficient (Wildman–Crippen LogP) is 1.87. The molecule has 0 saturated carbocycles. The molecule has 0 rings (SSSR count). The van der Waals surface area contributed by atoms with Crippen LogP contribution in [0.1, 0.15) is 54.4 Å². The predicted molar refractivity (Wildman–Crippen MR) is 107 cm³/mol. The summed E-state index contributed by atoms with van der Waals surface area (Å²) >= 11 is 0. The molecule has 158 valence electrons. The number of nitrogens with one attached hydrogen (secondary N) is 1. The van der Waals surface area contributed by atoms with Crippen LogP contribution in [0, 0.1) is 0 Å². The molecule has 0 aromatic rings. The fourth-order valence-corrected chi connectivity index (χ4v) is 3.63. The Morgan fingerprint density at radius 3 is 1.11 bits per heavy atom. The lowest BCUT2D eigenvalue weighted by Gasteiger charge is -2.37. The largest absolute Gasteiger partial charge is 0.363 e. The maximum absolute atomic E-state index is 5.86. The molecule has 0 heterocycles. The van der Waals surface area contributed by atoms with Crippen molar-refractivity contribution in [2.24, 2.45) is 0 Å². The average molecular weight is 420 g/mol. The molecule has 0 bridgehead atoms. The minimum absolute atomic E-state index is 0.360. The summed E-state index contributed by atoms with van der Waals surface area (Å²) in [5, 5.41) is 3.37. The van der Waals surface area contributed by atoms with Crippen molar-refractivity contribution in [1.82, 2.24) is 5.32 Å². The van der Waals surface area contributed by atoms with Crippen molar-refractivity contribution in [2.45, 2.75) is 77.7 Å². The fourth-order valence-electron chi connectivity index (χ4n) is 2.68. The van der Waals surface area contributed by atoms with Gasteiger partial charge in [0.2, 0.25) is 0 Å². The van der Waals surface area contributed by atoms with Gasteiger partial charge in [-0.2, -0.15) is 0 Å². The van der Waals surface area contributed by atoms with Gasteiger partial charge in [0.15, 0.2) is 0 Å². The number of hydrogen-bond acceptors (Lipinski definition) is 7. The van der Waals surface area contributed by atoms with E-state index in [4.69, 9.17) is 28.4 Å². The lowest BCUT2D eigenvalue weighted by Crippen LogP contribution is -2.52. The van der Waals surface area contributed by atoms with Gasteiger partial charge in [-0.05, 0) is 41.5 Å². The Bertz CT molecular complexity index is 321. The number of rotatable bonds is 18. The van der Waals surface area contributed by atoms with Crippen molar-refractivity contribution < 1.29 is 28.4 Å². The standard InChI is InChI=1S/C18H37NO6Si2/c1-7-20-15(13-17(26,22-9-3)23-10-4)19-16(21-8-2)14-18(27,24-11-5)25-12-6/h15-16,19H,7-14H2,1-6H3. The van der Waals surface area contributed by atoms with E-state index in [9.17, 15) is 0 Å². The second kappa shape index (κ2) is 15.1. The summed E-state index contributed by atoms with van der Waals surface area (Å²) in [6.45, 7) is 14.7. The zero-order chi connectivity index (χ0) is 20.8. The van der Waals surface area contributed by atoms with Crippen LogP contribution < -0.4 is 5.32 Å². The van der Waals surface area contributed by atoms with E-state index in [0.29, 0.717) is 52.5 Å². The molecular weight excluding hydrogens is 382 g/mol. The van der Waals surface area contributed by atoms with Gasteiger partial charge in [-0.3, -0.25) is 5.32 Å². The van der Waals surface area contributed by atoms with Crippen LogP contribution in [0.4, 0.5) is 0 Å². The normalized spacial score (nSPS) is 15.1. The van der Waals surface area contributed by atoms with Gasteiger partial charge in [-0.15, -0.1) is 0 Å². The van der Waals surface area contributed by atoms with E-state index in [1.54, 1.807) is 0 Å². The third-order valence-electron chi connectivity index (χ3n) is 3.53. The zero-order valence-corrected chi connectivity index (χ0v) is 19.8. The summed E-state index contributed by atoms with van der Waals surface area (Å²) in [5.41, 5.74) is -1.87. The summed E-state index contributed by atoms with van der Waals surface area (Å²) in [6.07, 6.45) is 0.143. The van der Waals surface area contributed by atoms with E-state index in [0.717, 1.165) is 0 Å². The third-order valence-corrected chi connectivity index (χ3v) is 4.51. The van der Waals surface area contributed by atoms with Crippen LogP contribution in [0.2, 0.25) is 0 Å². The van der Waals surface area contributed by atoms with E-state index < -0.39 is 10.8 Å². The van der Waals surface area contributed by atoms with Gasteiger partial charge < -0.3 is 28.4 Å². The zero-order valence-electron chi connectivity index (χ0n) is 17.8. The van der Waals surface area contributed by atoms with Crippen molar-refractivity contribution in [1.29, 1.82) is 0 Å². The Balaban J connectivity index is 5.18. The van der Waals surface area contributed by atoms with Crippen LogP contribution in [0.5, 0.6) is 0 Å². The second-order valence-corrected chi connectivity index (χ2v) is 7.22. The summed E-state index contributed by atoms with van der Waals surface area (Å²) in [4.78, 5) is 0. The highest BCUT2D eigenvalue weighted by molar-refractivity contribution is 6.13. The lowest BCUT2D eigenvalue weighted by molar-refractivity contribution is -0.210. The van der Waals surface area contributed by atoms with Crippen molar-refractivity contribution in [2.75, 3.05) is 39.6 Å². The maximum atomic E-state index is 5.86. The molecule has 0 saturated heterocycles. The molecule has 0 aliphatic heterocycles. The Hall–Kier alpha value is 0.154. The molecule has 6 radical (unpaired) electrons. The van der Waals surface area contributed by atoms with Crippen molar-refractivity contribution in [3.8, 4) is 0 Å². The molecule has 9 heteroatoms. The van der Waals surface area contributed by atoms with Crippen molar-refractivity contribution >= 4 is 20.5 Å². The van der Waals surface area contributed by atoms with Crippen LogP contribution >= 0.6 is 0 Å². The molecule has 0 spiro atoms. The second-order valence-electron chi connectivity index (χ2n) is 5.70. The lowest BCUT2D eigenvalue weighted by atomic mass is 10.3. The number of hydrogen-bond donors (Lipinski definition) is 1. The van der Waals surface area contributed by atoms with E-state index in [2.05, 4.69) is 25.8 Å². The fraction of sp³-hybridized carbons (Fsp3) is 1.00. The van der Waals surface area contributed by atoms with E-state index in [1.807, 2.05) is 41.5 Å². The molecule has 0 amide bonds. The molecule has 2 unspecified atom stereocenters. The number of ether oxygens (including phenoxy) is 6. The topological polar surface area (TPSA) is 67.4 Å². The molecule has 7 nitrogen and oxygen atoms in total. The van der Waals surface area contributed by atoms with Gasteiger partial charge in [0.1, 0.15) is 43.8 Å². The van der Waals surface area contributed by atoms with Crippen molar-refractivity contribution in [3.63, 3.8) is 0 Å². The average Bonchev–Trinajstić information content (AvgIpc) is 2.55. The van der Waals surface area contributed by atoms with E-state index in [-0.39, 0.29) is 12.5 Å². The molecule has 27 heavy (non-hydrogen) atoms. The molecule has 2 atom stereocenters. The molecule has 1 N–H and O–H groups in total. The minimum atomic E-state index is -0.933. The first-order valence-corrected chi connectivity index (χ1v) is 10.9. The van der Waals surface area contributed by atoms with Gasteiger partial charge >= 0.3 is 0 Å². The Morgan fingerprint density at radius 2 is 0.889 bits per heavy atom. The first-order valence-electron chi connectivity index (χ1n) is 9.86. The molecule has 0 aliphatic carbocycles. The van der Waals surface area contributed by atoms with Crippen LogP contribution in [-0.2, 0) is 28.4 Å². The van der Waals surface area contributed by atoms with E-state index in [1.165, 1.54) is 0 Å². The van der Waals surface area contributed by atoms with Gasteiger partial charge in [0, 0.05) is 52.5 Å². The van der Waals surface area contributed by atoms with Gasteiger partial charge in [-0.1, -0.05) is 0 Å². The third kappa shape index (κ3) is 11.7. The Kier molecular flexibility index (Phi) is 15.1. The molecule has 0 aromatic carbocycles. The van der Waals surface area contributed by atoms with Crippen LogP contribution in [0.25, 0.3) is 0 Å². The van der Waals surface area contributed by atoms with Crippen molar-refractivity contribution in [3.05, 3.63) is 0 Å². The highest BCUT2D eigenvalue weighted by Gasteiger charge is 2.34. The van der Waals surface area contributed by atoms with Gasteiger partial charge in [-0.25, -0.2) is 0 Å². The molecule has 0 aromatic heterocycles. The summed E-state index contributed by atoms with van der Waals surface area (Å²) in [6, 6.07) is 0. The highest BCUT2D eigenvalue weighted by Crippen LogP contribution is 2.21. The summed E-state index contributed by atoms with van der Waals surface area (Å²) < 4.78 is 34.7. The summed E-state index contributed by atoms with van der Waals surface area (Å²) in [5.74, 6) is 0. The monoisotopic (exact) mass is 419 g/mol. The molecule has 0 fully saturated rings. The Morgan fingerprint density at radius 1 is 0.593 bits per heavy atom. The Labute approximate surface area is 172 Å². The smallest absolute Gasteiger partial charge is 0.148 e. The van der Waals surface area contributed by atoms with Crippen LogP contribution in [-0.4, -0.2) is 83.4 Å². The molecular formula is C18H37NO6Si2. The molecule has 0 aliphatic rings. The quantitative estimate of drug-likeness (QED) is 0.269. The maximum Gasteiger partial charge on any atom is 0.148 e. The van der Waals surface area contributed by atoms with Gasteiger partial charge in [0.05, 0.1) is 0 Å². The van der Waals surface area contributed by atoms with Crippen LogP contribution in [0.15, 0.2) is 0 Å². The summed E-state index contributed by atoms with van der Waals surface area (Å²) in [7, 11) is 7.22. The SMILES string of the molecule is CCOC(CC([Si])(OCC)OCC)NC(CC([Si])(OCC)OCC)OCC. The first-order chi connectivity index (χ1) is 12.8. The highest BCUT2D eigenvalue weighted by atomic mass is 28.2. The first kappa shape index (κ1) is 27.2. The van der Waals surface area contributed by atoms with Crippen LogP contribution in [0.3, 0.4) is 0 Å². The minimum Gasteiger partial charge on any atom is -0.363 e.